The summed E-state index contributed by atoms with van der Waals surface area (Å²) >= 11 is 2.35. The molecule has 1 atom stereocenters. The number of thiophene rings is 1. The molecule has 0 radical (unpaired) electrons. The molecular formula is C12H13ClN4O3S2. The highest BCUT2D eigenvalue weighted by molar-refractivity contribution is 7.16. The first-order valence-electron chi connectivity index (χ1n) is 6.31. The van der Waals surface area contributed by atoms with Crippen LogP contribution in [-0.2, 0) is 12.8 Å². The number of halogens is 1. The standard InChI is InChI=1S/C12H12N4O3S2.ClH/c13-7-1-2-8-9(4-7)21-12(14-8)15-11(17)6-3-10(16(18)19)20-5-6;/h3,5,7H,1-2,4,13H2,(H,14,15,17);1H/t7-;/m0./s1. The Bertz CT molecular complexity index is 715. The van der Waals surface area contributed by atoms with Crippen molar-refractivity contribution in [3.63, 3.8) is 0 Å². The summed E-state index contributed by atoms with van der Waals surface area (Å²) in [5, 5.41) is 15.3. The monoisotopic (exact) mass is 360 g/mol. The minimum atomic E-state index is -0.509. The molecule has 0 fully saturated rings. The lowest BCUT2D eigenvalue weighted by Gasteiger charge is -2.15. The molecule has 3 N–H and O–H groups in total. The third-order valence-electron chi connectivity index (χ3n) is 3.23. The van der Waals surface area contributed by atoms with E-state index in [9.17, 15) is 14.9 Å². The van der Waals surface area contributed by atoms with Crippen LogP contribution in [0.5, 0.6) is 0 Å². The Labute approximate surface area is 140 Å². The molecule has 118 valence electrons. The second kappa shape index (κ2) is 6.69. The summed E-state index contributed by atoms with van der Waals surface area (Å²) in [4.78, 5) is 27.7. The minimum Gasteiger partial charge on any atom is -0.327 e. The molecule has 0 aliphatic heterocycles. The third kappa shape index (κ3) is 3.43. The number of rotatable bonds is 3. The zero-order valence-corrected chi connectivity index (χ0v) is 13.7. The Balaban J connectivity index is 0.00000176. The predicted molar refractivity (Wildman–Crippen MR) is 88.3 cm³/mol. The number of anilines is 1. The molecule has 0 saturated carbocycles. The van der Waals surface area contributed by atoms with Crippen LogP contribution in [0.4, 0.5) is 10.1 Å². The van der Waals surface area contributed by atoms with E-state index >= 15 is 0 Å². The van der Waals surface area contributed by atoms with E-state index in [4.69, 9.17) is 5.73 Å². The van der Waals surface area contributed by atoms with Crippen LogP contribution < -0.4 is 11.1 Å². The fourth-order valence-electron chi connectivity index (χ4n) is 2.16. The Kier molecular flexibility index (Phi) is 5.12. The number of thiazole rings is 1. The Morgan fingerprint density at radius 2 is 2.32 bits per heavy atom. The van der Waals surface area contributed by atoms with Gasteiger partial charge in [0.05, 0.1) is 16.2 Å². The van der Waals surface area contributed by atoms with E-state index in [1.807, 2.05) is 0 Å². The molecule has 0 aromatic carbocycles. The first-order valence-corrected chi connectivity index (χ1v) is 8.01. The van der Waals surface area contributed by atoms with E-state index < -0.39 is 4.92 Å². The molecule has 2 aromatic heterocycles. The Morgan fingerprint density at radius 1 is 1.55 bits per heavy atom. The maximum absolute atomic E-state index is 12.0. The van der Waals surface area contributed by atoms with Crippen molar-refractivity contribution < 1.29 is 9.72 Å². The van der Waals surface area contributed by atoms with Crippen molar-refractivity contribution in [2.24, 2.45) is 5.73 Å². The van der Waals surface area contributed by atoms with Gasteiger partial charge in [-0.25, -0.2) is 4.98 Å². The maximum Gasteiger partial charge on any atom is 0.324 e. The van der Waals surface area contributed by atoms with Gasteiger partial charge in [0.25, 0.3) is 5.91 Å². The number of carbonyl (C=O) groups excluding carboxylic acids is 1. The second-order valence-corrected chi connectivity index (χ2v) is 6.75. The van der Waals surface area contributed by atoms with Gasteiger partial charge in [-0.1, -0.05) is 11.3 Å². The molecule has 10 heteroatoms. The quantitative estimate of drug-likeness (QED) is 0.645. The smallest absolute Gasteiger partial charge is 0.324 e. The van der Waals surface area contributed by atoms with Gasteiger partial charge in [-0.3, -0.25) is 20.2 Å². The first kappa shape index (κ1) is 16.8. The van der Waals surface area contributed by atoms with Crippen LogP contribution >= 0.6 is 35.1 Å². The fraction of sp³-hybridized carbons (Fsp3) is 0.333. The van der Waals surface area contributed by atoms with Gasteiger partial charge in [-0.2, -0.15) is 0 Å². The van der Waals surface area contributed by atoms with Crippen LogP contribution in [0.1, 0.15) is 27.3 Å². The molecule has 0 saturated heterocycles. The summed E-state index contributed by atoms with van der Waals surface area (Å²) in [5.74, 6) is -0.380. The average molecular weight is 361 g/mol. The van der Waals surface area contributed by atoms with Gasteiger partial charge in [0.2, 0.25) is 0 Å². The number of nitro groups is 1. The number of aryl methyl sites for hydroxylation is 1. The summed E-state index contributed by atoms with van der Waals surface area (Å²) in [5.41, 5.74) is 7.18. The van der Waals surface area contributed by atoms with E-state index in [0.717, 1.165) is 41.2 Å². The third-order valence-corrected chi connectivity index (χ3v) is 5.14. The van der Waals surface area contributed by atoms with Gasteiger partial charge in [0.1, 0.15) is 0 Å². The number of nitrogens with two attached hydrogens (primary N) is 1. The highest BCUT2D eigenvalue weighted by Gasteiger charge is 2.21. The summed E-state index contributed by atoms with van der Waals surface area (Å²) in [7, 11) is 0. The number of hydrogen-bond donors (Lipinski definition) is 2. The maximum atomic E-state index is 12.0. The van der Waals surface area contributed by atoms with Gasteiger partial charge in [0, 0.05) is 22.4 Å². The van der Waals surface area contributed by atoms with Gasteiger partial charge in [0.15, 0.2) is 5.13 Å². The summed E-state index contributed by atoms with van der Waals surface area (Å²) in [6.07, 6.45) is 2.51. The molecular weight excluding hydrogens is 348 g/mol. The lowest BCUT2D eigenvalue weighted by molar-refractivity contribution is -0.380. The number of amides is 1. The van der Waals surface area contributed by atoms with Crippen LogP contribution in [0.15, 0.2) is 11.4 Å². The van der Waals surface area contributed by atoms with E-state index in [2.05, 4.69) is 10.3 Å². The van der Waals surface area contributed by atoms with Crippen molar-refractivity contribution in [2.45, 2.75) is 25.3 Å². The molecule has 7 nitrogen and oxygen atoms in total. The number of carbonyl (C=O) groups is 1. The van der Waals surface area contributed by atoms with Gasteiger partial charge in [-0.05, 0) is 19.3 Å². The van der Waals surface area contributed by atoms with E-state index in [1.165, 1.54) is 22.8 Å². The Morgan fingerprint density at radius 3 is 3.00 bits per heavy atom. The number of hydrogen-bond acceptors (Lipinski definition) is 7. The van der Waals surface area contributed by atoms with Crippen LogP contribution in [0, 0.1) is 10.1 Å². The van der Waals surface area contributed by atoms with Crippen LogP contribution in [0.3, 0.4) is 0 Å². The topological polar surface area (TPSA) is 111 Å². The molecule has 3 rings (SSSR count). The van der Waals surface area contributed by atoms with Crippen LogP contribution in [0.25, 0.3) is 0 Å². The number of aromatic nitrogens is 1. The molecule has 1 amide bonds. The van der Waals surface area contributed by atoms with Crippen LogP contribution in [0.2, 0.25) is 0 Å². The second-order valence-electron chi connectivity index (χ2n) is 4.78. The molecule has 1 aliphatic rings. The Hall–Kier alpha value is -1.55. The number of nitrogens with zero attached hydrogens (tertiary/aromatic N) is 2. The van der Waals surface area contributed by atoms with Crippen LogP contribution in [-0.4, -0.2) is 21.9 Å². The van der Waals surface area contributed by atoms with Crippen molar-refractivity contribution in [2.75, 3.05) is 5.32 Å². The summed E-state index contributed by atoms with van der Waals surface area (Å²) < 4.78 is 0. The van der Waals surface area contributed by atoms with Crippen molar-refractivity contribution in [3.8, 4) is 0 Å². The summed E-state index contributed by atoms with van der Waals surface area (Å²) in [6, 6.07) is 1.42. The zero-order chi connectivity index (χ0) is 15.0. The highest BCUT2D eigenvalue weighted by Crippen LogP contribution is 2.30. The van der Waals surface area contributed by atoms with Crippen molar-refractivity contribution >= 4 is 51.1 Å². The van der Waals surface area contributed by atoms with E-state index in [-0.39, 0.29) is 34.9 Å². The number of nitrogens with one attached hydrogen (secondary N) is 1. The highest BCUT2D eigenvalue weighted by atomic mass is 35.5. The first-order chi connectivity index (χ1) is 10.0. The largest absolute Gasteiger partial charge is 0.327 e. The van der Waals surface area contributed by atoms with Gasteiger partial charge >= 0.3 is 5.00 Å². The number of fused-ring (bicyclic) bond motifs is 1. The molecule has 0 unspecified atom stereocenters. The van der Waals surface area contributed by atoms with E-state index in [0.29, 0.717) is 5.13 Å². The normalized spacial score (nSPS) is 16.5. The van der Waals surface area contributed by atoms with Crippen molar-refractivity contribution in [1.29, 1.82) is 0 Å². The molecule has 2 aromatic rings. The lowest BCUT2D eigenvalue weighted by atomic mass is 9.99. The van der Waals surface area contributed by atoms with Crippen molar-refractivity contribution in [1.82, 2.24) is 4.98 Å². The molecule has 0 bridgehead atoms. The zero-order valence-electron chi connectivity index (χ0n) is 11.3. The molecule has 0 spiro atoms. The fourth-order valence-corrected chi connectivity index (χ4v) is 3.96. The van der Waals surface area contributed by atoms with Gasteiger partial charge in [-0.15, -0.1) is 23.7 Å². The molecule has 1 aliphatic carbocycles. The van der Waals surface area contributed by atoms with Crippen molar-refractivity contribution in [3.05, 3.63) is 37.7 Å². The SMILES string of the molecule is Cl.N[C@H]1CCc2nc(NC(=O)c3csc([N+](=O)[O-])c3)sc2C1. The van der Waals surface area contributed by atoms with Gasteiger partial charge < -0.3 is 5.73 Å². The minimum absolute atomic E-state index is 0. The summed E-state index contributed by atoms with van der Waals surface area (Å²) in [6.45, 7) is 0. The average Bonchev–Trinajstić information content (AvgIpc) is 3.03. The predicted octanol–water partition coefficient (Wildman–Crippen LogP) is 2.60. The molecule has 2 heterocycles. The van der Waals surface area contributed by atoms with E-state index in [1.54, 1.807) is 0 Å². The lowest BCUT2D eigenvalue weighted by Crippen LogP contribution is -2.27. The molecule has 22 heavy (non-hydrogen) atoms.